The molecule has 2 rings (SSSR count). The predicted octanol–water partition coefficient (Wildman–Crippen LogP) is 2.59. The second-order valence-electron chi connectivity index (χ2n) is 5.71. The topological polar surface area (TPSA) is 49.4 Å². The van der Waals surface area contributed by atoms with Gasteiger partial charge in [0, 0.05) is 6.54 Å². The molecule has 0 spiro atoms. The van der Waals surface area contributed by atoms with Crippen LogP contribution >= 0.6 is 0 Å². The van der Waals surface area contributed by atoms with Gasteiger partial charge in [-0.3, -0.25) is 9.69 Å². The summed E-state index contributed by atoms with van der Waals surface area (Å²) in [6.07, 6.45) is 2.39. The van der Waals surface area contributed by atoms with Gasteiger partial charge in [0.1, 0.15) is 6.04 Å². The average Bonchev–Trinajstić information content (AvgIpc) is 2.67. The molecule has 1 heterocycles. The van der Waals surface area contributed by atoms with Crippen molar-refractivity contribution >= 4 is 11.9 Å². The molecule has 1 aromatic carbocycles. The first-order valence-corrected chi connectivity index (χ1v) is 7.23. The summed E-state index contributed by atoms with van der Waals surface area (Å²) in [5, 5.41) is 2.77. The number of nitrogens with zero attached hydrogens (tertiary/aromatic N) is 1. The number of hydrogen-bond acceptors (Lipinski definition) is 2. The quantitative estimate of drug-likeness (QED) is 0.811. The molecule has 1 fully saturated rings. The molecule has 108 valence electrons. The number of rotatable bonds is 6. The minimum atomic E-state index is -0.334. The molecular weight excluding hydrogens is 252 g/mol. The summed E-state index contributed by atoms with van der Waals surface area (Å²) in [5.41, 5.74) is 1.23. The van der Waals surface area contributed by atoms with Gasteiger partial charge >= 0.3 is 6.03 Å². The lowest BCUT2D eigenvalue weighted by Gasteiger charge is -2.13. The molecular formula is C16H22N2O2. The second kappa shape index (κ2) is 6.55. The van der Waals surface area contributed by atoms with E-state index >= 15 is 0 Å². The normalized spacial score (nSPS) is 18.8. The first-order valence-electron chi connectivity index (χ1n) is 7.23. The van der Waals surface area contributed by atoms with Gasteiger partial charge in [0.2, 0.25) is 0 Å². The van der Waals surface area contributed by atoms with Gasteiger partial charge in [-0.1, -0.05) is 44.2 Å². The van der Waals surface area contributed by atoms with Crippen molar-refractivity contribution in [3.8, 4) is 0 Å². The highest BCUT2D eigenvalue weighted by atomic mass is 16.2. The Morgan fingerprint density at radius 2 is 1.90 bits per heavy atom. The van der Waals surface area contributed by atoms with Crippen molar-refractivity contribution in [1.29, 1.82) is 0 Å². The van der Waals surface area contributed by atoms with Gasteiger partial charge in [0.15, 0.2) is 0 Å². The van der Waals surface area contributed by atoms with Crippen molar-refractivity contribution in [1.82, 2.24) is 10.2 Å². The number of imide groups is 1. The largest absolute Gasteiger partial charge is 0.326 e. The van der Waals surface area contributed by atoms with Crippen molar-refractivity contribution in [2.75, 3.05) is 6.54 Å². The van der Waals surface area contributed by atoms with Crippen LogP contribution in [-0.2, 0) is 11.2 Å². The molecule has 3 amide bonds. The first-order chi connectivity index (χ1) is 9.58. The zero-order valence-corrected chi connectivity index (χ0v) is 12.1. The molecule has 20 heavy (non-hydrogen) atoms. The predicted molar refractivity (Wildman–Crippen MR) is 78.3 cm³/mol. The average molecular weight is 274 g/mol. The van der Waals surface area contributed by atoms with E-state index in [4.69, 9.17) is 0 Å². The molecule has 0 saturated carbocycles. The van der Waals surface area contributed by atoms with Gasteiger partial charge in [0.05, 0.1) is 0 Å². The fraction of sp³-hybridized carbons (Fsp3) is 0.500. The first kappa shape index (κ1) is 14.6. The van der Waals surface area contributed by atoms with E-state index < -0.39 is 0 Å². The van der Waals surface area contributed by atoms with E-state index in [1.807, 2.05) is 18.2 Å². The summed E-state index contributed by atoms with van der Waals surface area (Å²) >= 11 is 0. The third kappa shape index (κ3) is 3.59. The van der Waals surface area contributed by atoms with Crippen LogP contribution < -0.4 is 5.32 Å². The Bertz CT molecular complexity index is 471. The van der Waals surface area contributed by atoms with E-state index in [1.54, 1.807) is 0 Å². The van der Waals surface area contributed by atoms with E-state index in [2.05, 4.69) is 31.3 Å². The standard InChI is InChI=1S/C16H22N2O2/c1-12(2)11-14-15(19)18(16(20)17-14)10-6-9-13-7-4-3-5-8-13/h3-5,7-8,12,14H,6,9-11H2,1-2H3,(H,17,20). The Kier molecular flexibility index (Phi) is 4.77. The van der Waals surface area contributed by atoms with E-state index in [9.17, 15) is 9.59 Å². The summed E-state index contributed by atoms with van der Waals surface area (Å²) in [7, 11) is 0. The lowest BCUT2D eigenvalue weighted by Crippen LogP contribution is -2.33. The van der Waals surface area contributed by atoms with Crippen molar-refractivity contribution in [2.24, 2.45) is 5.92 Å². The lowest BCUT2D eigenvalue weighted by molar-refractivity contribution is -0.127. The molecule has 4 nitrogen and oxygen atoms in total. The highest BCUT2D eigenvalue weighted by molar-refractivity contribution is 6.04. The van der Waals surface area contributed by atoms with Crippen molar-refractivity contribution < 1.29 is 9.59 Å². The lowest BCUT2D eigenvalue weighted by atomic mass is 10.0. The Morgan fingerprint density at radius 1 is 1.20 bits per heavy atom. The number of nitrogens with one attached hydrogen (secondary N) is 1. The molecule has 1 aliphatic rings. The molecule has 0 aromatic heterocycles. The highest BCUT2D eigenvalue weighted by Crippen LogP contribution is 2.15. The Morgan fingerprint density at radius 3 is 2.55 bits per heavy atom. The SMILES string of the molecule is CC(C)CC1NC(=O)N(CCCc2ccccc2)C1=O. The van der Waals surface area contributed by atoms with Gasteiger partial charge < -0.3 is 5.32 Å². The van der Waals surface area contributed by atoms with Gasteiger partial charge in [-0.25, -0.2) is 4.79 Å². The van der Waals surface area contributed by atoms with E-state index in [-0.39, 0.29) is 18.0 Å². The maximum Gasteiger partial charge on any atom is 0.324 e. The van der Waals surface area contributed by atoms with Gasteiger partial charge in [-0.2, -0.15) is 0 Å². The molecule has 1 saturated heterocycles. The van der Waals surface area contributed by atoms with Crippen LogP contribution in [0.3, 0.4) is 0 Å². The Hall–Kier alpha value is -1.84. The molecule has 1 unspecified atom stereocenters. The maximum absolute atomic E-state index is 12.1. The van der Waals surface area contributed by atoms with Gasteiger partial charge in [-0.05, 0) is 30.7 Å². The Balaban J connectivity index is 1.84. The second-order valence-corrected chi connectivity index (χ2v) is 5.71. The van der Waals surface area contributed by atoms with E-state index in [0.29, 0.717) is 18.9 Å². The summed E-state index contributed by atoms with van der Waals surface area (Å²) in [4.78, 5) is 25.3. The molecule has 4 heteroatoms. The third-order valence-electron chi connectivity index (χ3n) is 3.50. The van der Waals surface area contributed by atoms with Crippen LogP contribution in [0.1, 0.15) is 32.3 Å². The molecule has 1 aliphatic heterocycles. The van der Waals surface area contributed by atoms with Crippen LogP contribution in [0, 0.1) is 5.92 Å². The number of carbonyl (C=O) groups is 2. The number of benzene rings is 1. The molecule has 0 aliphatic carbocycles. The summed E-state index contributed by atoms with van der Waals surface area (Å²) in [5.74, 6) is 0.324. The number of amides is 3. The fourth-order valence-electron chi connectivity index (χ4n) is 2.51. The fourth-order valence-corrected chi connectivity index (χ4v) is 2.51. The molecule has 1 aromatic rings. The summed E-state index contributed by atoms with van der Waals surface area (Å²) in [6.45, 7) is 4.60. The zero-order chi connectivity index (χ0) is 14.5. The molecule has 1 N–H and O–H groups in total. The van der Waals surface area contributed by atoms with Gasteiger partial charge in [0.25, 0.3) is 5.91 Å². The van der Waals surface area contributed by atoms with Crippen LogP contribution in [0.15, 0.2) is 30.3 Å². The van der Waals surface area contributed by atoms with Crippen LogP contribution in [0.2, 0.25) is 0 Å². The van der Waals surface area contributed by atoms with Crippen LogP contribution in [-0.4, -0.2) is 29.4 Å². The summed E-state index contributed by atoms with van der Waals surface area (Å²) in [6, 6.07) is 9.54. The minimum absolute atomic E-state index is 0.0724. The Labute approximate surface area is 120 Å². The zero-order valence-electron chi connectivity index (χ0n) is 12.1. The number of aryl methyl sites for hydroxylation is 1. The van der Waals surface area contributed by atoms with Crippen LogP contribution in [0.5, 0.6) is 0 Å². The third-order valence-corrected chi connectivity index (χ3v) is 3.50. The number of carbonyl (C=O) groups excluding carboxylic acids is 2. The van der Waals surface area contributed by atoms with E-state index in [1.165, 1.54) is 10.5 Å². The van der Waals surface area contributed by atoms with Crippen molar-refractivity contribution in [2.45, 2.75) is 39.2 Å². The minimum Gasteiger partial charge on any atom is -0.326 e. The van der Waals surface area contributed by atoms with Crippen molar-refractivity contribution in [3.05, 3.63) is 35.9 Å². The van der Waals surface area contributed by atoms with Crippen molar-refractivity contribution in [3.63, 3.8) is 0 Å². The molecule has 0 bridgehead atoms. The number of hydrogen-bond donors (Lipinski definition) is 1. The van der Waals surface area contributed by atoms with Gasteiger partial charge in [-0.15, -0.1) is 0 Å². The van der Waals surface area contributed by atoms with Crippen LogP contribution in [0.25, 0.3) is 0 Å². The van der Waals surface area contributed by atoms with E-state index in [0.717, 1.165) is 12.8 Å². The monoisotopic (exact) mass is 274 g/mol. The highest BCUT2D eigenvalue weighted by Gasteiger charge is 2.37. The molecule has 0 radical (unpaired) electrons. The van der Waals surface area contributed by atoms with Crippen LogP contribution in [0.4, 0.5) is 4.79 Å². The summed E-state index contributed by atoms with van der Waals surface area (Å²) < 4.78 is 0. The maximum atomic E-state index is 12.1. The molecule has 1 atom stereocenters. The smallest absolute Gasteiger partial charge is 0.324 e. The number of urea groups is 1.